The molecule has 1 aromatic carbocycles. The molecule has 0 saturated carbocycles. The fraction of sp³-hybridized carbons (Fsp3) is 0.273. The average Bonchev–Trinajstić information content (AvgIpc) is 2.83. The van der Waals surface area contributed by atoms with Crippen LogP contribution in [0.15, 0.2) is 30.6 Å². The third-order valence-corrected chi connectivity index (χ3v) is 2.75. The van der Waals surface area contributed by atoms with Gasteiger partial charge < -0.3 is 5.01 Å². The van der Waals surface area contributed by atoms with Crippen molar-refractivity contribution in [2.75, 3.05) is 18.1 Å². The van der Waals surface area contributed by atoms with Crippen molar-refractivity contribution in [1.82, 2.24) is 9.66 Å². The highest BCUT2D eigenvalue weighted by atomic mass is 16.1. The maximum absolute atomic E-state index is 11.2. The Labute approximate surface area is 87.1 Å². The van der Waals surface area contributed by atoms with Crippen LogP contribution in [0.2, 0.25) is 0 Å². The number of para-hydroxylation sites is 2. The van der Waals surface area contributed by atoms with Crippen LogP contribution in [0.3, 0.4) is 0 Å². The zero-order chi connectivity index (χ0) is 10.3. The van der Waals surface area contributed by atoms with Crippen molar-refractivity contribution >= 4 is 16.8 Å². The number of Topliss-reactive ketones (excluding diaryl/α,β-unsaturated/α-hetero) is 1. The van der Waals surface area contributed by atoms with Crippen molar-refractivity contribution < 1.29 is 4.79 Å². The molecule has 0 amide bonds. The van der Waals surface area contributed by atoms with Crippen LogP contribution in [0.4, 0.5) is 0 Å². The predicted molar refractivity (Wildman–Crippen MR) is 57.3 cm³/mol. The first-order valence-corrected chi connectivity index (χ1v) is 5.03. The minimum Gasteiger partial charge on any atom is -0.303 e. The van der Waals surface area contributed by atoms with Crippen LogP contribution < -0.4 is 5.01 Å². The van der Waals surface area contributed by atoms with Crippen LogP contribution in [0.25, 0.3) is 11.0 Å². The first kappa shape index (κ1) is 8.47. The number of carbonyl (C=O) groups is 1. The van der Waals surface area contributed by atoms with Crippen LogP contribution >= 0.6 is 0 Å². The molecule has 1 aliphatic heterocycles. The molecule has 2 heterocycles. The Morgan fingerprint density at radius 1 is 1.27 bits per heavy atom. The fourth-order valence-corrected chi connectivity index (χ4v) is 1.97. The lowest BCUT2D eigenvalue weighted by Crippen LogP contribution is -2.31. The maximum Gasteiger partial charge on any atom is 0.155 e. The number of carbonyl (C=O) groups excluding carboxylic acids is 1. The van der Waals surface area contributed by atoms with Crippen LogP contribution in [-0.4, -0.2) is 28.5 Å². The van der Waals surface area contributed by atoms with Gasteiger partial charge in [0.15, 0.2) is 5.78 Å². The standard InChI is InChI=1S/C11H11N3O/c15-9-5-6-13(7-9)14-8-12-10-3-1-2-4-11(10)14/h1-4,8H,5-7H2. The van der Waals surface area contributed by atoms with E-state index < -0.39 is 0 Å². The van der Waals surface area contributed by atoms with E-state index in [9.17, 15) is 4.79 Å². The third kappa shape index (κ3) is 1.29. The lowest BCUT2D eigenvalue weighted by atomic mass is 10.3. The summed E-state index contributed by atoms with van der Waals surface area (Å²) >= 11 is 0. The van der Waals surface area contributed by atoms with E-state index in [2.05, 4.69) is 4.98 Å². The Hall–Kier alpha value is -1.84. The normalized spacial score (nSPS) is 16.5. The van der Waals surface area contributed by atoms with Gasteiger partial charge >= 0.3 is 0 Å². The Balaban J connectivity index is 2.07. The second kappa shape index (κ2) is 3.08. The van der Waals surface area contributed by atoms with E-state index in [1.807, 2.05) is 34.0 Å². The zero-order valence-electron chi connectivity index (χ0n) is 8.26. The van der Waals surface area contributed by atoms with Crippen LogP contribution in [0, 0.1) is 0 Å². The summed E-state index contributed by atoms with van der Waals surface area (Å²) in [6.07, 6.45) is 2.43. The summed E-state index contributed by atoms with van der Waals surface area (Å²) in [7, 11) is 0. The Bertz CT molecular complexity index is 517. The highest BCUT2D eigenvalue weighted by molar-refractivity contribution is 5.85. The van der Waals surface area contributed by atoms with Gasteiger partial charge in [0.25, 0.3) is 0 Å². The highest BCUT2D eigenvalue weighted by Gasteiger charge is 2.20. The molecule has 4 heteroatoms. The summed E-state index contributed by atoms with van der Waals surface area (Å²) in [5.74, 6) is 0.299. The van der Waals surface area contributed by atoms with Gasteiger partial charge in [-0.05, 0) is 12.1 Å². The molecule has 0 N–H and O–H groups in total. The summed E-state index contributed by atoms with van der Waals surface area (Å²) in [4.78, 5) is 15.5. The minimum absolute atomic E-state index is 0.299. The zero-order valence-corrected chi connectivity index (χ0v) is 8.26. The Morgan fingerprint density at radius 3 is 2.93 bits per heavy atom. The van der Waals surface area contributed by atoms with E-state index in [1.54, 1.807) is 6.33 Å². The summed E-state index contributed by atoms with van der Waals surface area (Å²) in [5.41, 5.74) is 2.03. The molecule has 2 aromatic rings. The van der Waals surface area contributed by atoms with Crippen molar-refractivity contribution in [1.29, 1.82) is 0 Å². The quantitative estimate of drug-likeness (QED) is 0.689. The van der Waals surface area contributed by atoms with Gasteiger partial charge in [0.05, 0.1) is 17.6 Å². The first-order valence-electron chi connectivity index (χ1n) is 5.03. The molecular formula is C11H11N3O. The van der Waals surface area contributed by atoms with Gasteiger partial charge in [-0.25, -0.2) is 9.66 Å². The third-order valence-electron chi connectivity index (χ3n) is 2.75. The molecule has 1 fully saturated rings. The number of benzene rings is 1. The van der Waals surface area contributed by atoms with Gasteiger partial charge in [-0.3, -0.25) is 4.79 Å². The summed E-state index contributed by atoms with van der Waals surface area (Å²) in [5, 5.41) is 2.03. The molecule has 1 aromatic heterocycles. The topological polar surface area (TPSA) is 38.1 Å². The average molecular weight is 201 g/mol. The molecule has 4 nitrogen and oxygen atoms in total. The number of fused-ring (bicyclic) bond motifs is 1. The summed E-state index contributed by atoms with van der Waals surface area (Å²) in [6, 6.07) is 7.95. The Morgan fingerprint density at radius 2 is 2.13 bits per heavy atom. The molecule has 0 aliphatic carbocycles. The number of aromatic nitrogens is 2. The lowest BCUT2D eigenvalue weighted by molar-refractivity contribution is -0.116. The van der Waals surface area contributed by atoms with Gasteiger partial charge in [-0.2, -0.15) is 0 Å². The number of ketones is 1. The molecule has 15 heavy (non-hydrogen) atoms. The van der Waals surface area contributed by atoms with E-state index in [0.717, 1.165) is 17.6 Å². The second-order valence-corrected chi connectivity index (χ2v) is 3.75. The van der Waals surface area contributed by atoms with E-state index in [-0.39, 0.29) is 0 Å². The number of imidazole rings is 1. The van der Waals surface area contributed by atoms with Gasteiger partial charge in [0.1, 0.15) is 6.33 Å². The van der Waals surface area contributed by atoms with Crippen LogP contribution in [0.1, 0.15) is 6.42 Å². The molecule has 3 rings (SSSR count). The molecule has 0 atom stereocenters. The molecule has 0 spiro atoms. The van der Waals surface area contributed by atoms with Gasteiger partial charge in [-0.1, -0.05) is 12.1 Å². The predicted octanol–water partition coefficient (Wildman–Crippen LogP) is 0.947. The smallest absolute Gasteiger partial charge is 0.155 e. The molecule has 0 bridgehead atoms. The van der Waals surface area contributed by atoms with Crippen molar-refractivity contribution in [2.24, 2.45) is 0 Å². The molecule has 1 aliphatic rings. The number of rotatable bonds is 1. The van der Waals surface area contributed by atoms with Gasteiger partial charge in [0.2, 0.25) is 0 Å². The van der Waals surface area contributed by atoms with Crippen LogP contribution in [0.5, 0.6) is 0 Å². The van der Waals surface area contributed by atoms with Crippen LogP contribution in [-0.2, 0) is 4.79 Å². The maximum atomic E-state index is 11.2. The van der Waals surface area contributed by atoms with E-state index in [1.165, 1.54) is 0 Å². The lowest BCUT2D eigenvalue weighted by Gasteiger charge is -2.18. The van der Waals surface area contributed by atoms with Crippen molar-refractivity contribution in [2.45, 2.75) is 6.42 Å². The molecule has 1 saturated heterocycles. The van der Waals surface area contributed by atoms with Crippen molar-refractivity contribution in [3.8, 4) is 0 Å². The van der Waals surface area contributed by atoms with E-state index in [0.29, 0.717) is 18.7 Å². The summed E-state index contributed by atoms with van der Waals surface area (Å²) < 4.78 is 1.97. The molecular weight excluding hydrogens is 190 g/mol. The SMILES string of the molecule is O=C1CCN(n2cnc3ccccc32)C1. The molecule has 76 valence electrons. The fourth-order valence-electron chi connectivity index (χ4n) is 1.97. The number of nitrogens with zero attached hydrogens (tertiary/aromatic N) is 3. The van der Waals surface area contributed by atoms with Gasteiger partial charge in [-0.15, -0.1) is 0 Å². The largest absolute Gasteiger partial charge is 0.303 e. The highest BCUT2D eigenvalue weighted by Crippen LogP contribution is 2.14. The molecule has 0 radical (unpaired) electrons. The van der Waals surface area contributed by atoms with E-state index in [4.69, 9.17) is 0 Å². The number of hydrogen-bond donors (Lipinski definition) is 0. The van der Waals surface area contributed by atoms with Gasteiger partial charge in [0, 0.05) is 13.0 Å². The van der Waals surface area contributed by atoms with E-state index >= 15 is 0 Å². The number of hydrogen-bond acceptors (Lipinski definition) is 3. The Kier molecular flexibility index (Phi) is 1.74. The minimum atomic E-state index is 0.299. The second-order valence-electron chi connectivity index (χ2n) is 3.75. The van der Waals surface area contributed by atoms with Crippen molar-refractivity contribution in [3.63, 3.8) is 0 Å². The summed E-state index contributed by atoms with van der Waals surface area (Å²) in [6.45, 7) is 1.29. The van der Waals surface area contributed by atoms with Crippen molar-refractivity contribution in [3.05, 3.63) is 30.6 Å². The first-order chi connectivity index (χ1) is 7.34. The monoisotopic (exact) mass is 201 g/mol. The molecule has 0 unspecified atom stereocenters.